The fourth-order valence-corrected chi connectivity index (χ4v) is 2.74. The Morgan fingerprint density at radius 1 is 1.53 bits per heavy atom. The lowest BCUT2D eigenvalue weighted by atomic mass is 10.1. The summed E-state index contributed by atoms with van der Waals surface area (Å²) in [5, 5.41) is 10.7. The molecule has 1 aromatic rings. The average Bonchev–Trinajstić information content (AvgIpc) is 2.58. The van der Waals surface area contributed by atoms with Gasteiger partial charge in [-0.3, -0.25) is 10.1 Å². The zero-order valence-corrected chi connectivity index (χ0v) is 11.6. The summed E-state index contributed by atoms with van der Waals surface area (Å²) in [6.45, 7) is 3.85. The molecule has 5 nitrogen and oxygen atoms in total. The molecule has 2 unspecified atom stereocenters. The van der Waals surface area contributed by atoms with Crippen molar-refractivity contribution in [3.05, 3.63) is 31.9 Å². The Balaban J connectivity index is 2.24. The lowest BCUT2D eigenvalue weighted by Gasteiger charge is -2.18. The molecular formula is C11H14IN3O2. The third kappa shape index (κ3) is 2.52. The normalized spacial score (nSPS) is 24.1. The van der Waals surface area contributed by atoms with Crippen molar-refractivity contribution in [2.75, 3.05) is 18.0 Å². The monoisotopic (exact) mass is 347 g/mol. The van der Waals surface area contributed by atoms with E-state index in [0.717, 1.165) is 18.8 Å². The molecule has 0 amide bonds. The molecule has 0 saturated carbocycles. The minimum atomic E-state index is -0.357. The highest BCUT2D eigenvalue weighted by Gasteiger charge is 2.27. The maximum absolute atomic E-state index is 10.7. The first-order valence-corrected chi connectivity index (χ1v) is 6.51. The summed E-state index contributed by atoms with van der Waals surface area (Å²) in [6.07, 6.45) is 0. The Morgan fingerprint density at radius 2 is 2.24 bits per heavy atom. The highest BCUT2D eigenvalue weighted by Crippen LogP contribution is 2.29. The Labute approximate surface area is 113 Å². The third-order valence-corrected chi connectivity index (χ3v) is 4.03. The summed E-state index contributed by atoms with van der Waals surface area (Å²) in [5.74, 6) is 0.461. The number of anilines is 1. The summed E-state index contributed by atoms with van der Waals surface area (Å²) >= 11 is 2.00. The summed E-state index contributed by atoms with van der Waals surface area (Å²) in [7, 11) is 0. The molecule has 2 N–H and O–H groups in total. The summed E-state index contributed by atoms with van der Waals surface area (Å²) in [6, 6.07) is 5.39. The van der Waals surface area contributed by atoms with Crippen LogP contribution >= 0.6 is 22.6 Å². The van der Waals surface area contributed by atoms with Crippen LogP contribution in [0.4, 0.5) is 11.4 Å². The van der Waals surface area contributed by atoms with Crippen molar-refractivity contribution in [2.24, 2.45) is 11.7 Å². The molecular weight excluding hydrogens is 333 g/mol. The van der Waals surface area contributed by atoms with Gasteiger partial charge in [-0.15, -0.1) is 0 Å². The van der Waals surface area contributed by atoms with Gasteiger partial charge in [0.15, 0.2) is 0 Å². The lowest BCUT2D eigenvalue weighted by molar-refractivity contribution is -0.385. The predicted octanol–water partition coefficient (Wildman–Crippen LogP) is 1.98. The molecule has 0 aromatic heterocycles. The zero-order valence-electron chi connectivity index (χ0n) is 9.47. The van der Waals surface area contributed by atoms with E-state index in [-0.39, 0.29) is 16.7 Å². The Hall–Kier alpha value is -0.890. The number of nitro benzene ring substituents is 1. The number of hydrogen-bond donors (Lipinski definition) is 1. The van der Waals surface area contributed by atoms with Gasteiger partial charge in [0.25, 0.3) is 5.69 Å². The molecule has 2 atom stereocenters. The van der Waals surface area contributed by atoms with Crippen LogP contribution in [-0.2, 0) is 0 Å². The molecule has 6 heteroatoms. The summed E-state index contributed by atoms with van der Waals surface area (Å²) in [5.41, 5.74) is 7.14. The smallest absolute Gasteiger partial charge is 0.282 e. The fraction of sp³-hybridized carbons (Fsp3) is 0.455. The Morgan fingerprint density at radius 3 is 2.71 bits per heavy atom. The topological polar surface area (TPSA) is 72.4 Å². The fourth-order valence-electron chi connectivity index (χ4n) is 2.04. The quantitative estimate of drug-likeness (QED) is 0.505. The minimum Gasteiger partial charge on any atom is -0.370 e. The molecule has 1 aliphatic rings. The van der Waals surface area contributed by atoms with Crippen LogP contribution in [0.2, 0.25) is 0 Å². The molecule has 1 fully saturated rings. The molecule has 0 bridgehead atoms. The number of rotatable bonds is 2. The number of nitro groups is 1. The number of nitrogens with zero attached hydrogens (tertiary/aromatic N) is 2. The van der Waals surface area contributed by atoms with Crippen molar-refractivity contribution in [3.8, 4) is 0 Å². The zero-order chi connectivity index (χ0) is 12.6. The standard InChI is InChI=1S/C11H14IN3O2/c1-7-5-14(6-10(7)13)8-2-3-11(15(16)17)9(12)4-8/h2-4,7,10H,5-6,13H2,1H3. The van der Waals surface area contributed by atoms with Gasteiger partial charge in [-0.05, 0) is 40.6 Å². The van der Waals surface area contributed by atoms with Crippen LogP contribution in [0.15, 0.2) is 18.2 Å². The van der Waals surface area contributed by atoms with Gasteiger partial charge in [0, 0.05) is 30.9 Å². The van der Waals surface area contributed by atoms with E-state index in [9.17, 15) is 10.1 Å². The molecule has 17 heavy (non-hydrogen) atoms. The maximum atomic E-state index is 10.7. The Kier molecular flexibility index (Phi) is 3.53. The minimum absolute atomic E-state index is 0.158. The van der Waals surface area contributed by atoms with Crippen molar-refractivity contribution < 1.29 is 4.92 Å². The molecule has 1 heterocycles. The predicted molar refractivity (Wildman–Crippen MR) is 75.2 cm³/mol. The second-order valence-corrected chi connectivity index (χ2v) is 5.60. The highest BCUT2D eigenvalue weighted by molar-refractivity contribution is 14.1. The van der Waals surface area contributed by atoms with Gasteiger partial charge in [-0.2, -0.15) is 0 Å². The van der Waals surface area contributed by atoms with E-state index in [1.807, 2.05) is 28.7 Å². The number of hydrogen-bond acceptors (Lipinski definition) is 4. The van der Waals surface area contributed by atoms with Crippen molar-refractivity contribution in [1.29, 1.82) is 0 Å². The molecule has 1 aromatic carbocycles. The van der Waals surface area contributed by atoms with Crippen LogP contribution in [0.5, 0.6) is 0 Å². The first-order valence-electron chi connectivity index (χ1n) is 5.43. The maximum Gasteiger partial charge on any atom is 0.282 e. The molecule has 1 saturated heterocycles. The van der Waals surface area contributed by atoms with Gasteiger partial charge >= 0.3 is 0 Å². The largest absolute Gasteiger partial charge is 0.370 e. The van der Waals surface area contributed by atoms with E-state index in [1.165, 1.54) is 0 Å². The van der Waals surface area contributed by atoms with Crippen LogP contribution in [-0.4, -0.2) is 24.1 Å². The number of benzene rings is 1. The van der Waals surface area contributed by atoms with Crippen LogP contribution in [0.1, 0.15) is 6.92 Å². The summed E-state index contributed by atoms with van der Waals surface area (Å²) < 4.78 is 0.665. The van der Waals surface area contributed by atoms with Crippen molar-refractivity contribution in [1.82, 2.24) is 0 Å². The van der Waals surface area contributed by atoms with Crippen molar-refractivity contribution in [3.63, 3.8) is 0 Å². The lowest BCUT2D eigenvalue weighted by Crippen LogP contribution is -2.28. The molecule has 0 aliphatic carbocycles. The average molecular weight is 347 g/mol. The van der Waals surface area contributed by atoms with Crippen LogP contribution in [0.3, 0.4) is 0 Å². The highest BCUT2D eigenvalue weighted by atomic mass is 127. The first kappa shape index (κ1) is 12.6. The van der Waals surface area contributed by atoms with Crippen LogP contribution in [0, 0.1) is 19.6 Å². The molecule has 2 rings (SSSR count). The van der Waals surface area contributed by atoms with E-state index >= 15 is 0 Å². The van der Waals surface area contributed by atoms with E-state index in [1.54, 1.807) is 12.1 Å². The molecule has 0 spiro atoms. The summed E-state index contributed by atoms with van der Waals surface area (Å²) in [4.78, 5) is 12.6. The molecule has 1 aliphatic heterocycles. The molecule has 0 radical (unpaired) electrons. The Bertz CT molecular complexity index is 442. The van der Waals surface area contributed by atoms with E-state index in [4.69, 9.17) is 5.73 Å². The van der Waals surface area contributed by atoms with Gasteiger partial charge in [0.1, 0.15) is 0 Å². The van der Waals surface area contributed by atoms with Gasteiger partial charge in [-0.1, -0.05) is 6.92 Å². The second-order valence-electron chi connectivity index (χ2n) is 4.44. The number of halogens is 1. The van der Waals surface area contributed by atoms with Gasteiger partial charge < -0.3 is 10.6 Å². The second kappa shape index (κ2) is 4.77. The molecule has 92 valence electrons. The van der Waals surface area contributed by atoms with Crippen molar-refractivity contribution >= 4 is 34.0 Å². The van der Waals surface area contributed by atoms with Crippen LogP contribution < -0.4 is 10.6 Å². The van der Waals surface area contributed by atoms with Gasteiger partial charge in [0.2, 0.25) is 0 Å². The first-order chi connectivity index (χ1) is 7.99. The van der Waals surface area contributed by atoms with Gasteiger partial charge in [0.05, 0.1) is 8.49 Å². The van der Waals surface area contributed by atoms with Crippen LogP contribution in [0.25, 0.3) is 0 Å². The van der Waals surface area contributed by atoms with Gasteiger partial charge in [-0.25, -0.2) is 0 Å². The van der Waals surface area contributed by atoms with E-state index < -0.39 is 0 Å². The third-order valence-electron chi connectivity index (χ3n) is 3.16. The van der Waals surface area contributed by atoms with E-state index in [2.05, 4.69) is 11.8 Å². The van der Waals surface area contributed by atoms with E-state index in [0.29, 0.717) is 9.49 Å². The van der Waals surface area contributed by atoms with Crippen molar-refractivity contribution in [2.45, 2.75) is 13.0 Å². The number of nitrogens with two attached hydrogens (primary N) is 1. The SMILES string of the molecule is CC1CN(c2ccc([N+](=O)[O-])c(I)c2)CC1N.